The van der Waals surface area contributed by atoms with E-state index in [0.29, 0.717) is 23.0 Å². The first-order valence-electron chi connectivity index (χ1n) is 9.89. The average Bonchev–Trinajstić information content (AvgIpc) is 3.58. The molecule has 0 spiro atoms. The van der Waals surface area contributed by atoms with Gasteiger partial charge in [0.15, 0.2) is 0 Å². The second-order valence-electron chi connectivity index (χ2n) is 7.14. The molecule has 150 valence electrons. The standard InChI is InChI=1S/C25H22N2O3/c28-24(16-11-18-9-12-19(13-10-18)25(29)27-20-14-15-20)26-21-5-4-8-23(17-21)30-22-6-2-1-3-7-22/h1-13,16-17,20H,14-15H2,(H,26,28)(H,27,29). The van der Waals surface area contributed by atoms with Crippen LogP contribution in [0.3, 0.4) is 0 Å². The molecular formula is C25H22N2O3. The van der Waals surface area contributed by atoms with E-state index >= 15 is 0 Å². The predicted molar refractivity (Wildman–Crippen MR) is 118 cm³/mol. The van der Waals surface area contributed by atoms with Crippen LogP contribution in [-0.4, -0.2) is 17.9 Å². The van der Waals surface area contributed by atoms with Crippen molar-refractivity contribution in [3.8, 4) is 11.5 Å². The Hall–Kier alpha value is -3.86. The molecule has 1 aliphatic rings. The lowest BCUT2D eigenvalue weighted by molar-refractivity contribution is -0.111. The average molecular weight is 398 g/mol. The van der Waals surface area contributed by atoms with Crippen LogP contribution in [0.1, 0.15) is 28.8 Å². The molecule has 0 aliphatic heterocycles. The van der Waals surface area contributed by atoms with Crippen molar-refractivity contribution in [1.82, 2.24) is 5.32 Å². The number of nitrogens with one attached hydrogen (secondary N) is 2. The van der Waals surface area contributed by atoms with Crippen molar-refractivity contribution in [3.63, 3.8) is 0 Å². The van der Waals surface area contributed by atoms with Crippen LogP contribution in [0.2, 0.25) is 0 Å². The number of para-hydroxylation sites is 1. The Labute approximate surface area is 175 Å². The van der Waals surface area contributed by atoms with Crippen molar-refractivity contribution in [1.29, 1.82) is 0 Å². The molecule has 30 heavy (non-hydrogen) atoms. The highest BCUT2D eigenvalue weighted by Crippen LogP contribution is 2.24. The van der Waals surface area contributed by atoms with E-state index in [1.165, 1.54) is 6.08 Å². The minimum absolute atomic E-state index is 0.0524. The van der Waals surface area contributed by atoms with Gasteiger partial charge in [0.2, 0.25) is 5.91 Å². The first-order valence-corrected chi connectivity index (χ1v) is 9.89. The van der Waals surface area contributed by atoms with Gasteiger partial charge in [-0.15, -0.1) is 0 Å². The third-order valence-corrected chi connectivity index (χ3v) is 4.59. The number of hydrogen-bond donors (Lipinski definition) is 2. The number of anilines is 1. The van der Waals surface area contributed by atoms with Crippen LogP contribution < -0.4 is 15.4 Å². The number of benzene rings is 3. The Morgan fingerprint density at radius 2 is 1.60 bits per heavy atom. The van der Waals surface area contributed by atoms with E-state index in [0.717, 1.165) is 24.2 Å². The minimum atomic E-state index is -0.248. The zero-order valence-electron chi connectivity index (χ0n) is 16.4. The summed E-state index contributed by atoms with van der Waals surface area (Å²) in [4.78, 5) is 24.3. The zero-order valence-corrected chi connectivity index (χ0v) is 16.4. The summed E-state index contributed by atoms with van der Waals surface area (Å²) in [7, 11) is 0. The summed E-state index contributed by atoms with van der Waals surface area (Å²) in [5.41, 5.74) is 2.11. The third kappa shape index (κ3) is 5.58. The highest BCUT2D eigenvalue weighted by Gasteiger charge is 2.23. The summed E-state index contributed by atoms with van der Waals surface area (Å²) < 4.78 is 5.79. The summed E-state index contributed by atoms with van der Waals surface area (Å²) in [6, 6.07) is 24.2. The molecule has 2 N–H and O–H groups in total. The SMILES string of the molecule is O=C(C=Cc1ccc(C(=O)NC2CC2)cc1)Nc1cccc(Oc2ccccc2)c1. The van der Waals surface area contributed by atoms with Gasteiger partial charge in [-0.1, -0.05) is 36.4 Å². The van der Waals surface area contributed by atoms with Crippen molar-refractivity contribution < 1.29 is 14.3 Å². The predicted octanol–water partition coefficient (Wildman–Crippen LogP) is 5.02. The molecule has 1 fully saturated rings. The minimum Gasteiger partial charge on any atom is -0.457 e. The molecule has 0 unspecified atom stereocenters. The van der Waals surface area contributed by atoms with E-state index in [-0.39, 0.29) is 11.8 Å². The number of rotatable bonds is 7. The van der Waals surface area contributed by atoms with E-state index in [4.69, 9.17) is 4.74 Å². The largest absolute Gasteiger partial charge is 0.457 e. The molecule has 2 amide bonds. The van der Waals surface area contributed by atoms with Gasteiger partial charge in [0, 0.05) is 29.4 Å². The Kier molecular flexibility index (Phi) is 5.90. The van der Waals surface area contributed by atoms with Gasteiger partial charge in [-0.25, -0.2) is 0 Å². The summed E-state index contributed by atoms with van der Waals surface area (Å²) in [5.74, 6) is 1.07. The zero-order chi connectivity index (χ0) is 20.8. The molecule has 0 radical (unpaired) electrons. The molecule has 4 rings (SSSR count). The molecule has 0 atom stereocenters. The van der Waals surface area contributed by atoms with Crippen molar-refractivity contribution >= 4 is 23.6 Å². The molecule has 1 aliphatic carbocycles. The molecule has 5 nitrogen and oxygen atoms in total. The maximum absolute atomic E-state index is 12.3. The molecule has 0 aromatic heterocycles. The lowest BCUT2D eigenvalue weighted by Crippen LogP contribution is -2.25. The topological polar surface area (TPSA) is 67.4 Å². The second-order valence-corrected chi connectivity index (χ2v) is 7.14. The van der Waals surface area contributed by atoms with E-state index in [1.54, 1.807) is 30.3 Å². The molecule has 0 heterocycles. The summed E-state index contributed by atoms with van der Waals surface area (Å²) in [6.45, 7) is 0. The van der Waals surface area contributed by atoms with Crippen LogP contribution in [0, 0.1) is 0 Å². The monoisotopic (exact) mass is 398 g/mol. The van der Waals surface area contributed by atoms with Crippen molar-refractivity contribution in [2.24, 2.45) is 0 Å². The van der Waals surface area contributed by atoms with Gasteiger partial charge in [-0.05, 0) is 60.9 Å². The highest BCUT2D eigenvalue weighted by molar-refractivity contribution is 6.02. The first-order chi connectivity index (χ1) is 14.7. The molecule has 0 bridgehead atoms. The van der Waals surface area contributed by atoms with Crippen LogP contribution in [0.15, 0.2) is 84.9 Å². The quantitative estimate of drug-likeness (QED) is 0.549. The van der Waals surface area contributed by atoms with Crippen LogP contribution in [-0.2, 0) is 4.79 Å². The fourth-order valence-corrected chi connectivity index (χ4v) is 2.86. The fraction of sp³-hybridized carbons (Fsp3) is 0.120. The smallest absolute Gasteiger partial charge is 0.251 e. The van der Waals surface area contributed by atoms with Crippen LogP contribution >= 0.6 is 0 Å². The van der Waals surface area contributed by atoms with E-state index in [1.807, 2.05) is 54.6 Å². The number of ether oxygens (including phenoxy) is 1. The van der Waals surface area contributed by atoms with E-state index in [2.05, 4.69) is 10.6 Å². The van der Waals surface area contributed by atoms with Gasteiger partial charge in [-0.2, -0.15) is 0 Å². The Balaban J connectivity index is 1.33. The molecule has 1 saturated carbocycles. The first kappa shape index (κ1) is 19.5. The van der Waals surface area contributed by atoms with Gasteiger partial charge in [0.1, 0.15) is 11.5 Å². The van der Waals surface area contributed by atoms with Gasteiger partial charge >= 0.3 is 0 Å². The Bertz CT molecular complexity index is 1060. The molecule has 3 aromatic carbocycles. The van der Waals surface area contributed by atoms with Crippen LogP contribution in [0.4, 0.5) is 5.69 Å². The van der Waals surface area contributed by atoms with Crippen molar-refractivity contribution in [3.05, 3.63) is 96.1 Å². The maximum Gasteiger partial charge on any atom is 0.251 e. The number of carbonyl (C=O) groups is 2. The third-order valence-electron chi connectivity index (χ3n) is 4.59. The van der Waals surface area contributed by atoms with Crippen molar-refractivity contribution in [2.45, 2.75) is 18.9 Å². The van der Waals surface area contributed by atoms with Crippen LogP contribution in [0.25, 0.3) is 6.08 Å². The molecular weight excluding hydrogens is 376 g/mol. The summed E-state index contributed by atoms with van der Waals surface area (Å²) in [5, 5.41) is 5.78. The fourth-order valence-electron chi connectivity index (χ4n) is 2.86. The highest BCUT2D eigenvalue weighted by atomic mass is 16.5. The van der Waals surface area contributed by atoms with Gasteiger partial charge in [-0.3, -0.25) is 9.59 Å². The Morgan fingerprint density at radius 3 is 2.33 bits per heavy atom. The van der Waals surface area contributed by atoms with Crippen LogP contribution in [0.5, 0.6) is 11.5 Å². The van der Waals surface area contributed by atoms with Crippen molar-refractivity contribution in [2.75, 3.05) is 5.32 Å². The number of amides is 2. The van der Waals surface area contributed by atoms with E-state index < -0.39 is 0 Å². The normalized spacial score (nSPS) is 13.1. The maximum atomic E-state index is 12.3. The van der Waals surface area contributed by atoms with Gasteiger partial charge < -0.3 is 15.4 Å². The number of carbonyl (C=O) groups excluding carboxylic acids is 2. The van der Waals surface area contributed by atoms with Gasteiger partial charge in [0.05, 0.1) is 0 Å². The molecule has 3 aromatic rings. The lowest BCUT2D eigenvalue weighted by Gasteiger charge is -2.08. The second kappa shape index (κ2) is 9.09. The lowest BCUT2D eigenvalue weighted by atomic mass is 10.1. The summed E-state index contributed by atoms with van der Waals surface area (Å²) in [6.07, 6.45) is 5.29. The van der Waals surface area contributed by atoms with E-state index in [9.17, 15) is 9.59 Å². The Morgan fingerprint density at radius 1 is 0.867 bits per heavy atom. The van der Waals surface area contributed by atoms with Gasteiger partial charge in [0.25, 0.3) is 5.91 Å². The number of hydrogen-bond acceptors (Lipinski definition) is 3. The molecule has 0 saturated heterocycles. The summed E-state index contributed by atoms with van der Waals surface area (Å²) >= 11 is 0. The molecule has 5 heteroatoms.